The Kier molecular flexibility index (Phi) is 2.58. The van der Waals surface area contributed by atoms with E-state index >= 15 is 0 Å². The lowest BCUT2D eigenvalue weighted by Crippen LogP contribution is -2.15. The summed E-state index contributed by atoms with van der Waals surface area (Å²) in [5.74, 6) is 0. The highest BCUT2D eigenvalue weighted by Gasteiger charge is 2.33. The molecule has 1 fully saturated rings. The summed E-state index contributed by atoms with van der Waals surface area (Å²) in [7, 11) is 0. The highest BCUT2D eigenvalue weighted by atomic mass is 16.3. The van der Waals surface area contributed by atoms with Gasteiger partial charge in [-0.3, -0.25) is 0 Å². The van der Waals surface area contributed by atoms with Crippen LogP contribution in [0.25, 0.3) is 0 Å². The second-order valence-corrected chi connectivity index (χ2v) is 6.59. The summed E-state index contributed by atoms with van der Waals surface area (Å²) in [6, 6.07) is 2.81. The molecule has 0 bridgehead atoms. The van der Waals surface area contributed by atoms with E-state index < -0.39 is 0 Å². The van der Waals surface area contributed by atoms with Gasteiger partial charge in [0.2, 0.25) is 0 Å². The largest absolute Gasteiger partial charge is 0.388 e. The molecule has 2 aliphatic carbocycles. The molecule has 2 heteroatoms. The van der Waals surface area contributed by atoms with Crippen LogP contribution in [-0.2, 0) is 6.42 Å². The Balaban J connectivity index is 1.90. The number of aromatic nitrogens is 1. The lowest BCUT2D eigenvalue weighted by Gasteiger charge is -2.24. The van der Waals surface area contributed by atoms with Crippen molar-refractivity contribution in [2.45, 2.75) is 64.5 Å². The summed E-state index contributed by atoms with van der Waals surface area (Å²) in [5, 5.41) is 10.0. The maximum atomic E-state index is 10.0. The van der Waals surface area contributed by atoms with Crippen LogP contribution >= 0.6 is 0 Å². The highest BCUT2D eigenvalue weighted by Crippen LogP contribution is 2.45. The smallest absolute Gasteiger partial charge is 0.0807 e. The first-order valence-corrected chi connectivity index (χ1v) is 6.94. The van der Waals surface area contributed by atoms with Crippen molar-refractivity contribution in [1.82, 2.24) is 4.57 Å². The predicted octanol–water partition coefficient (Wildman–Crippen LogP) is 3.61. The van der Waals surface area contributed by atoms with Crippen LogP contribution in [0.1, 0.15) is 69.4 Å². The van der Waals surface area contributed by atoms with Gasteiger partial charge in [-0.1, -0.05) is 13.8 Å². The van der Waals surface area contributed by atoms with E-state index in [0.29, 0.717) is 11.5 Å². The average molecular weight is 233 g/mol. The Bertz CT molecular complexity index is 419. The first-order valence-electron chi connectivity index (χ1n) is 6.94. The maximum Gasteiger partial charge on any atom is 0.0807 e. The van der Waals surface area contributed by atoms with Crippen LogP contribution in [0.4, 0.5) is 0 Å². The van der Waals surface area contributed by atoms with Gasteiger partial charge in [-0.05, 0) is 50.0 Å². The molecule has 94 valence electrons. The minimum Gasteiger partial charge on any atom is -0.388 e. The second kappa shape index (κ2) is 3.88. The zero-order chi connectivity index (χ0) is 12.0. The molecule has 1 saturated carbocycles. The van der Waals surface area contributed by atoms with Crippen LogP contribution in [0.3, 0.4) is 0 Å². The van der Waals surface area contributed by atoms with Gasteiger partial charge in [0, 0.05) is 23.5 Å². The Morgan fingerprint density at radius 3 is 2.88 bits per heavy atom. The third kappa shape index (κ3) is 1.93. The summed E-state index contributed by atoms with van der Waals surface area (Å²) < 4.78 is 2.46. The first-order chi connectivity index (χ1) is 8.07. The molecule has 0 aliphatic heterocycles. The number of rotatable bonds is 1. The van der Waals surface area contributed by atoms with Crippen LogP contribution in [0, 0.1) is 5.41 Å². The molecule has 3 rings (SSSR count). The third-order valence-corrected chi connectivity index (χ3v) is 4.65. The number of fused-ring (bicyclic) bond motifs is 1. The van der Waals surface area contributed by atoms with Crippen molar-refractivity contribution in [2.75, 3.05) is 0 Å². The lowest BCUT2D eigenvalue weighted by molar-refractivity contribution is 0.155. The summed E-state index contributed by atoms with van der Waals surface area (Å²) >= 11 is 0. The van der Waals surface area contributed by atoms with E-state index in [1.165, 1.54) is 30.5 Å². The molecule has 2 atom stereocenters. The van der Waals surface area contributed by atoms with Crippen molar-refractivity contribution in [3.63, 3.8) is 0 Å². The summed E-state index contributed by atoms with van der Waals surface area (Å²) in [6.07, 6.45) is 9.12. The van der Waals surface area contributed by atoms with Gasteiger partial charge in [-0.2, -0.15) is 0 Å². The number of aliphatic hydroxyl groups is 1. The van der Waals surface area contributed by atoms with Gasteiger partial charge >= 0.3 is 0 Å². The SMILES string of the molecule is CC1(C)CCC(n2ccc3c2CCCC3O)C1. The predicted molar refractivity (Wildman–Crippen MR) is 69.0 cm³/mol. The first kappa shape index (κ1) is 11.3. The van der Waals surface area contributed by atoms with Crippen molar-refractivity contribution in [3.05, 3.63) is 23.5 Å². The van der Waals surface area contributed by atoms with Gasteiger partial charge in [0.1, 0.15) is 0 Å². The monoisotopic (exact) mass is 233 g/mol. The van der Waals surface area contributed by atoms with Crippen LogP contribution in [0.2, 0.25) is 0 Å². The van der Waals surface area contributed by atoms with Gasteiger partial charge in [0.15, 0.2) is 0 Å². The standard InChI is InChI=1S/C15H23NO/c1-15(2)8-6-11(10-15)16-9-7-12-13(16)4-3-5-14(12)17/h7,9,11,14,17H,3-6,8,10H2,1-2H3. The molecule has 0 radical (unpaired) electrons. The minimum absolute atomic E-state index is 0.214. The molecule has 17 heavy (non-hydrogen) atoms. The van der Waals surface area contributed by atoms with Crippen molar-refractivity contribution in [2.24, 2.45) is 5.41 Å². The summed E-state index contributed by atoms with van der Waals surface area (Å²) in [5.41, 5.74) is 3.10. The molecule has 2 aliphatic rings. The molecule has 2 nitrogen and oxygen atoms in total. The molecule has 0 aromatic carbocycles. The molecule has 0 saturated heterocycles. The van der Waals surface area contributed by atoms with Crippen molar-refractivity contribution in [1.29, 1.82) is 0 Å². The van der Waals surface area contributed by atoms with Crippen molar-refractivity contribution < 1.29 is 5.11 Å². The second-order valence-electron chi connectivity index (χ2n) is 6.59. The highest BCUT2D eigenvalue weighted by molar-refractivity contribution is 5.28. The van der Waals surface area contributed by atoms with E-state index in [-0.39, 0.29) is 6.10 Å². The summed E-state index contributed by atoms with van der Waals surface area (Å²) in [6.45, 7) is 4.75. The van der Waals surface area contributed by atoms with Crippen molar-refractivity contribution in [3.8, 4) is 0 Å². The number of hydrogen-bond donors (Lipinski definition) is 1. The van der Waals surface area contributed by atoms with E-state index in [9.17, 15) is 5.11 Å². The van der Waals surface area contributed by atoms with Gasteiger partial charge in [0.25, 0.3) is 0 Å². The van der Waals surface area contributed by atoms with Gasteiger partial charge in [-0.15, -0.1) is 0 Å². The fourth-order valence-corrected chi connectivity index (χ4v) is 3.67. The van der Waals surface area contributed by atoms with E-state index in [1.54, 1.807) is 0 Å². The van der Waals surface area contributed by atoms with E-state index in [2.05, 4.69) is 30.7 Å². The van der Waals surface area contributed by atoms with E-state index in [1.807, 2.05) is 0 Å². The Hall–Kier alpha value is -0.760. The van der Waals surface area contributed by atoms with E-state index in [0.717, 1.165) is 19.3 Å². The van der Waals surface area contributed by atoms with Gasteiger partial charge < -0.3 is 9.67 Å². The fourth-order valence-electron chi connectivity index (χ4n) is 3.67. The average Bonchev–Trinajstić information content (AvgIpc) is 2.82. The molecule has 1 heterocycles. The molecule has 1 N–H and O–H groups in total. The van der Waals surface area contributed by atoms with Crippen molar-refractivity contribution >= 4 is 0 Å². The third-order valence-electron chi connectivity index (χ3n) is 4.65. The fraction of sp³-hybridized carbons (Fsp3) is 0.733. The number of aliphatic hydroxyl groups excluding tert-OH is 1. The van der Waals surface area contributed by atoms with Crippen LogP contribution in [-0.4, -0.2) is 9.67 Å². The molecule has 1 aromatic heterocycles. The van der Waals surface area contributed by atoms with E-state index in [4.69, 9.17) is 0 Å². The Labute approximate surface area is 104 Å². The molecule has 0 spiro atoms. The zero-order valence-corrected chi connectivity index (χ0v) is 10.9. The molecular weight excluding hydrogens is 210 g/mol. The lowest BCUT2D eigenvalue weighted by atomic mass is 9.91. The summed E-state index contributed by atoms with van der Waals surface area (Å²) in [4.78, 5) is 0. The molecule has 2 unspecified atom stereocenters. The van der Waals surface area contributed by atoms with Gasteiger partial charge in [0.05, 0.1) is 6.10 Å². The van der Waals surface area contributed by atoms with Gasteiger partial charge in [-0.25, -0.2) is 0 Å². The molecule has 0 amide bonds. The van der Waals surface area contributed by atoms with Crippen LogP contribution < -0.4 is 0 Å². The maximum absolute atomic E-state index is 10.0. The quantitative estimate of drug-likeness (QED) is 0.787. The topological polar surface area (TPSA) is 25.2 Å². The Morgan fingerprint density at radius 2 is 2.18 bits per heavy atom. The Morgan fingerprint density at radius 1 is 1.35 bits per heavy atom. The number of hydrogen-bond acceptors (Lipinski definition) is 1. The number of nitrogens with zero attached hydrogens (tertiary/aromatic N) is 1. The molecular formula is C15H23NO. The van der Waals surface area contributed by atoms with Crippen LogP contribution in [0.15, 0.2) is 12.3 Å². The zero-order valence-electron chi connectivity index (χ0n) is 10.9. The minimum atomic E-state index is -0.214. The normalized spacial score (nSPS) is 31.5. The molecule has 1 aromatic rings. The van der Waals surface area contributed by atoms with Crippen LogP contribution in [0.5, 0.6) is 0 Å².